The topological polar surface area (TPSA) is 94.5 Å². The maximum atomic E-state index is 13.3. The number of nitrogens with one attached hydrogen (secondary N) is 1. The van der Waals surface area contributed by atoms with Crippen LogP contribution in [0, 0.1) is 12.7 Å². The molecular formula is C19H18FN7. The van der Waals surface area contributed by atoms with Crippen LogP contribution in [0.25, 0.3) is 16.9 Å². The van der Waals surface area contributed by atoms with Crippen LogP contribution in [0.4, 0.5) is 10.2 Å². The van der Waals surface area contributed by atoms with Crippen LogP contribution in [0.15, 0.2) is 48.7 Å². The van der Waals surface area contributed by atoms with E-state index < -0.39 is 0 Å². The van der Waals surface area contributed by atoms with Crippen molar-refractivity contribution in [3.05, 3.63) is 71.3 Å². The zero-order valence-electron chi connectivity index (χ0n) is 14.7. The van der Waals surface area contributed by atoms with Gasteiger partial charge in [0.15, 0.2) is 5.82 Å². The quantitative estimate of drug-likeness (QED) is 0.566. The lowest BCUT2D eigenvalue weighted by atomic mass is 10.1. The number of aromatic nitrogens is 5. The SMILES string of the molecule is Cc1nnc(-n2ncc3c(CN)cccc32)nc1NCc1cccc(F)c1. The van der Waals surface area contributed by atoms with Crippen LogP contribution in [-0.4, -0.2) is 25.0 Å². The summed E-state index contributed by atoms with van der Waals surface area (Å²) in [4.78, 5) is 4.55. The van der Waals surface area contributed by atoms with Crippen molar-refractivity contribution in [2.45, 2.75) is 20.0 Å². The zero-order chi connectivity index (χ0) is 18.8. The lowest BCUT2D eigenvalue weighted by molar-refractivity contribution is 0.626. The Balaban J connectivity index is 1.66. The van der Waals surface area contributed by atoms with Gasteiger partial charge in [-0.05, 0) is 36.2 Å². The maximum absolute atomic E-state index is 13.3. The highest BCUT2D eigenvalue weighted by Gasteiger charge is 2.12. The minimum absolute atomic E-state index is 0.272. The Labute approximate surface area is 155 Å². The van der Waals surface area contributed by atoms with Gasteiger partial charge in [-0.2, -0.15) is 14.8 Å². The first-order valence-electron chi connectivity index (χ1n) is 8.51. The minimum Gasteiger partial charge on any atom is -0.364 e. The number of halogens is 1. The second kappa shape index (κ2) is 7.08. The van der Waals surface area contributed by atoms with Crippen molar-refractivity contribution >= 4 is 16.7 Å². The second-order valence-corrected chi connectivity index (χ2v) is 6.14. The molecule has 0 saturated heterocycles. The van der Waals surface area contributed by atoms with Crippen molar-refractivity contribution in [1.82, 2.24) is 25.0 Å². The Hall–Kier alpha value is -3.39. The summed E-state index contributed by atoms with van der Waals surface area (Å²) < 4.78 is 15.0. The Bertz CT molecular complexity index is 1110. The summed E-state index contributed by atoms with van der Waals surface area (Å²) in [5.41, 5.74) is 9.12. The highest BCUT2D eigenvalue weighted by Crippen LogP contribution is 2.21. The van der Waals surface area contributed by atoms with Gasteiger partial charge in [-0.1, -0.05) is 24.3 Å². The van der Waals surface area contributed by atoms with E-state index in [9.17, 15) is 4.39 Å². The van der Waals surface area contributed by atoms with E-state index in [2.05, 4.69) is 25.6 Å². The van der Waals surface area contributed by atoms with Gasteiger partial charge < -0.3 is 11.1 Å². The number of anilines is 1. The van der Waals surface area contributed by atoms with Crippen LogP contribution in [0.3, 0.4) is 0 Å². The molecule has 0 aliphatic rings. The van der Waals surface area contributed by atoms with Crippen molar-refractivity contribution < 1.29 is 4.39 Å². The molecule has 136 valence electrons. The van der Waals surface area contributed by atoms with Gasteiger partial charge in [0, 0.05) is 18.5 Å². The number of fused-ring (bicyclic) bond motifs is 1. The molecule has 0 radical (unpaired) electrons. The first kappa shape index (κ1) is 17.0. The third kappa shape index (κ3) is 3.34. The number of aryl methyl sites for hydroxylation is 1. The lowest BCUT2D eigenvalue weighted by Crippen LogP contribution is -2.11. The van der Waals surface area contributed by atoms with E-state index in [1.165, 1.54) is 12.1 Å². The molecule has 0 fully saturated rings. The summed E-state index contributed by atoms with van der Waals surface area (Å²) in [6, 6.07) is 12.2. The number of rotatable bonds is 5. The van der Waals surface area contributed by atoms with Crippen LogP contribution in [0.1, 0.15) is 16.8 Å². The Morgan fingerprint density at radius 2 is 2.00 bits per heavy atom. The van der Waals surface area contributed by atoms with E-state index in [1.807, 2.05) is 31.2 Å². The summed E-state index contributed by atoms with van der Waals surface area (Å²) in [5, 5.41) is 16.9. The summed E-state index contributed by atoms with van der Waals surface area (Å²) in [6.45, 7) is 2.66. The van der Waals surface area contributed by atoms with Gasteiger partial charge in [-0.3, -0.25) is 0 Å². The molecule has 4 rings (SSSR count). The summed E-state index contributed by atoms with van der Waals surface area (Å²) in [7, 11) is 0. The standard InChI is InChI=1S/C19H18FN7/c1-12-18(22-10-13-4-2-6-15(20)8-13)24-19(26-25-12)27-17-7-3-5-14(9-21)16(17)11-23-27/h2-8,11H,9-10,21H2,1H3,(H,22,24,26). The predicted molar refractivity (Wildman–Crippen MR) is 101 cm³/mol. The van der Waals surface area contributed by atoms with Crippen LogP contribution < -0.4 is 11.1 Å². The third-order valence-corrected chi connectivity index (χ3v) is 4.31. The van der Waals surface area contributed by atoms with Crippen molar-refractivity contribution in [3.8, 4) is 5.95 Å². The van der Waals surface area contributed by atoms with Crippen molar-refractivity contribution in [2.75, 3.05) is 5.32 Å². The van der Waals surface area contributed by atoms with Gasteiger partial charge in [0.25, 0.3) is 5.95 Å². The van der Waals surface area contributed by atoms with Gasteiger partial charge in [0.1, 0.15) is 11.5 Å². The van der Waals surface area contributed by atoms with Crippen LogP contribution >= 0.6 is 0 Å². The van der Waals surface area contributed by atoms with Gasteiger partial charge >= 0.3 is 0 Å². The number of nitrogens with two attached hydrogens (primary N) is 1. The predicted octanol–water partition coefficient (Wildman–Crippen LogP) is 2.73. The molecule has 27 heavy (non-hydrogen) atoms. The molecule has 0 amide bonds. The highest BCUT2D eigenvalue weighted by molar-refractivity contribution is 5.83. The highest BCUT2D eigenvalue weighted by atomic mass is 19.1. The van der Waals surface area contributed by atoms with Crippen LogP contribution in [0.5, 0.6) is 0 Å². The Kier molecular flexibility index (Phi) is 4.47. The van der Waals surface area contributed by atoms with Crippen molar-refractivity contribution in [1.29, 1.82) is 0 Å². The third-order valence-electron chi connectivity index (χ3n) is 4.31. The number of hydrogen-bond acceptors (Lipinski definition) is 6. The molecule has 0 spiro atoms. The molecule has 2 aromatic carbocycles. The molecular weight excluding hydrogens is 345 g/mol. The molecule has 0 aliphatic heterocycles. The van der Waals surface area contributed by atoms with Gasteiger partial charge in [0.2, 0.25) is 0 Å². The lowest BCUT2D eigenvalue weighted by Gasteiger charge is -2.09. The van der Waals surface area contributed by atoms with Gasteiger partial charge in [-0.15, -0.1) is 10.2 Å². The molecule has 0 aliphatic carbocycles. The van der Waals surface area contributed by atoms with E-state index in [1.54, 1.807) is 16.9 Å². The Morgan fingerprint density at radius 3 is 2.81 bits per heavy atom. The number of nitrogens with zero attached hydrogens (tertiary/aromatic N) is 5. The van der Waals surface area contributed by atoms with E-state index >= 15 is 0 Å². The first-order valence-corrected chi connectivity index (χ1v) is 8.51. The summed E-state index contributed by atoms with van der Waals surface area (Å²) in [6.07, 6.45) is 1.75. The van der Waals surface area contributed by atoms with E-state index in [0.717, 1.165) is 22.0 Å². The van der Waals surface area contributed by atoms with E-state index in [4.69, 9.17) is 5.73 Å². The molecule has 4 aromatic rings. The van der Waals surface area contributed by atoms with Crippen molar-refractivity contribution in [3.63, 3.8) is 0 Å². The second-order valence-electron chi connectivity index (χ2n) is 6.14. The number of hydrogen-bond donors (Lipinski definition) is 2. The van der Waals surface area contributed by atoms with E-state index in [-0.39, 0.29) is 5.82 Å². The molecule has 0 atom stereocenters. The average molecular weight is 363 g/mol. The fourth-order valence-corrected chi connectivity index (χ4v) is 2.91. The molecule has 3 N–H and O–H groups in total. The summed E-state index contributed by atoms with van der Waals surface area (Å²) >= 11 is 0. The normalized spacial score (nSPS) is 11.1. The zero-order valence-corrected chi connectivity index (χ0v) is 14.7. The van der Waals surface area contributed by atoms with Gasteiger partial charge in [-0.25, -0.2) is 4.39 Å². The smallest absolute Gasteiger partial charge is 0.272 e. The maximum Gasteiger partial charge on any atom is 0.272 e. The van der Waals surface area contributed by atoms with Crippen molar-refractivity contribution in [2.24, 2.45) is 5.73 Å². The molecule has 0 saturated carbocycles. The monoisotopic (exact) mass is 363 g/mol. The van der Waals surface area contributed by atoms with Gasteiger partial charge in [0.05, 0.1) is 11.7 Å². The molecule has 0 unspecified atom stereocenters. The van der Waals surface area contributed by atoms with Crippen LogP contribution in [-0.2, 0) is 13.1 Å². The number of benzene rings is 2. The Morgan fingerprint density at radius 1 is 1.15 bits per heavy atom. The van der Waals surface area contributed by atoms with E-state index in [0.29, 0.717) is 30.5 Å². The summed E-state index contributed by atoms with van der Waals surface area (Å²) in [5.74, 6) is 0.653. The largest absolute Gasteiger partial charge is 0.364 e. The van der Waals surface area contributed by atoms with Crippen LogP contribution in [0.2, 0.25) is 0 Å². The fraction of sp³-hybridized carbons (Fsp3) is 0.158. The minimum atomic E-state index is -0.272. The molecule has 0 bridgehead atoms. The molecule has 2 heterocycles. The first-order chi connectivity index (χ1) is 13.2. The molecule has 8 heteroatoms. The average Bonchev–Trinajstić information content (AvgIpc) is 3.11. The molecule has 7 nitrogen and oxygen atoms in total. The fourth-order valence-electron chi connectivity index (χ4n) is 2.91. The molecule has 2 aromatic heterocycles.